The summed E-state index contributed by atoms with van der Waals surface area (Å²) in [4.78, 5) is 21.6. The molecule has 0 saturated carbocycles. The highest BCUT2D eigenvalue weighted by Crippen LogP contribution is 2.29. The number of benzene rings is 2. The number of nitrogens with zero attached hydrogens (tertiary/aromatic N) is 4. The summed E-state index contributed by atoms with van der Waals surface area (Å²) >= 11 is 0. The van der Waals surface area contributed by atoms with Crippen LogP contribution in [0.25, 0.3) is 21.9 Å². The normalized spacial score (nSPS) is 11.0. The lowest BCUT2D eigenvalue weighted by atomic mass is 10.1. The minimum absolute atomic E-state index is 0.273. The first-order valence-electron chi connectivity index (χ1n) is 9.82. The smallest absolute Gasteiger partial charge is 0.258 e. The summed E-state index contributed by atoms with van der Waals surface area (Å²) in [6.45, 7) is 0.536. The van der Waals surface area contributed by atoms with E-state index in [1.807, 2.05) is 59.3 Å². The second-order valence-corrected chi connectivity index (χ2v) is 7.11. The van der Waals surface area contributed by atoms with Crippen molar-refractivity contribution in [1.29, 1.82) is 0 Å². The van der Waals surface area contributed by atoms with Gasteiger partial charge in [-0.1, -0.05) is 30.3 Å². The maximum atomic E-state index is 12.7. The number of carbonyl (C=O) groups excluding carboxylic acids is 1. The number of aromatic nitrogens is 4. The van der Waals surface area contributed by atoms with Gasteiger partial charge in [0.2, 0.25) is 0 Å². The van der Waals surface area contributed by atoms with Crippen LogP contribution >= 0.6 is 0 Å². The molecule has 0 bridgehead atoms. The number of methoxy groups -OCH3 is 1. The Morgan fingerprint density at radius 1 is 1.06 bits per heavy atom. The largest absolute Gasteiger partial charge is 0.497 e. The Balaban J connectivity index is 1.63. The van der Waals surface area contributed by atoms with E-state index in [0.717, 1.165) is 27.6 Å². The SMILES string of the molecule is COc1ccc2nc3c(cc2c1)c(NC(=O)c1cccnc1)nn3Cc1ccccc1. The van der Waals surface area contributed by atoms with Crippen molar-refractivity contribution in [3.8, 4) is 5.75 Å². The van der Waals surface area contributed by atoms with E-state index in [9.17, 15) is 4.79 Å². The number of rotatable bonds is 5. The number of nitrogens with one attached hydrogen (secondary N) is 1. The van der Waals surface area contributed by atoms with Crippen molar-refractivity contribution < 1.29 is 9.53 Å². The number of pyridine rings is 2. The molecular formula is C24H19N5O2. The van der Waals surface area contributed by atoms with Crippen LogP contribution in [0.15, 0.2) is 79.1 Å². The highest BCUT2D eigenvalue weighted by atomic mass is 16.5. The quantitative estimate of drug-likeness (QED) is 0.468. The Labute approximate surface area is 178 Å². The van der Waals surface area contributed by atoms with Gasteiger partial charge in [-0.2, -0.15) is 5.10 Å². The van der Waals surface area contributed by atoms with E-state index in [1.165, 1.54) is 6.20 Å². The number of carbonyl (C=O) groups is 1. The Morgan fingerprint density at radius 3 is 2.71 bits per heavy atom. The number of ether oxygens (including phenoxy) is 1. The van der Waals surface area contributed by atoms with Crippen molar-refractivity contribution >= 4 is 33.7 Å². The van der Waals surface area contributed by atoms with Gasteiger partial charge in [0.1, 0.15) is 5.75 Å². The summed E-state index contributed by atoms with van der Waals surface area (Å²) < 4.78 is 7.16. The number of fused-ring (bicyclic) bond motifs is 2. The zero-order valence-corrected chi connectivity index (χ0v) is 16.8. The number of amides is 1. The standard InChI is InChI=1S/C24H19N5O2/c1-31-19-9-10-21-18(12-19)13-20-22(27-24(30)17-8-5-11-25-14-17)28-29(23(20)26-21)15-16-6-3-2-4-7-16/h2-14H,15H2,1H3,(H,27,28,30). The van der Waals surface area contributed by atoms with Crippen LogP contribution in [0.3, 0.4) is 0 Å². The minimum Gasteiger partial charge on any atom is -0.497 e. The van der Waals surface area contributed by atoms with Crippen LogP contribution in [-0.4, -0.2) is 32.8 Å². The monoisotopic (exact) mass is 409 g/mol. The van der Waals surface area contributed by atoms with Crippen LogP contribution in [-0.2, 0) is 6.54 Å². The van der Waals surface area contributed by atoms with Crippen molar-refractivity contribution in [2.75, 3.05) is 12.4 Å². The molecule has 2 aromatic carbocycles. The van der Waals surface area contributed by atoms with Crippen molar-refractivity contribution in [3.63, 3.8) is 0 Å². The maximum Gasteiger partial charge on any atom is 0.258 e. The van der Waals surface area contributed by atoms with E-state index in [1.54, 1.807) is 25.4 Å². The van der Waals surface area contributed by atoms with E-state index in [2.05, 4.69) is 15.4 Å². The van der Waals surface area contributed by atoms with Gasteiger partial charge in [-0.25, -0.2) is 9.67 Å². The molecule has 3 aromatic heterocycles. The van der Waals surface area contributed by atoms with E-state index in [4.69, 9.17) is 9.72 Å². The van der Waals surface area contributed by atoms with Crippen LogP contribution in [0.2, 0.25) is 0 Å². The van der Waals surface area contributed by atoms with Crippen molar-refractivity contribution in [2.45, 2.75) is 6.54 Å². The van der Waals surface area contributed by atoms with E-state index in [0.29, 0.717) is 23.6 Å². The minimum atomic E-state index is -0.273. The third-order valence-corrected chi connectivity index (χ3v) is 5.05. The average molecular weight is 409 g/mol. The van der Waals surface area contributed by atoms with Gasteiger partial charge in [-0.15, -0.1) is 0 Å². The van der Waals surface area contributed by atoms with Gasteiger partial charge < -0.3 is 10.1 Å². The molecule has 0 atom stereocenters. The van der Waals surface area contributed by atoms with Crippen LogP contribution in [0.4, 0.5) is 5.82 Å². The highest BCUT2D eigenvalue weighted by molar-refractivity contribution is 6.08. The molecule has 7 nitrogen and oxygen atoms in total. The Morgan fingerprint density at radius 2 is 1.94 bits per heavy atom. The summed E-state index contributed by atoms with van der Waals surface area (Å²) in [6.07, 6.45) is 3.15. The molecule has 31 heavy (non-hydrogen) atoms. The van der Waals surface area contributed by atoms with Gasteiger partial charge in [0, 0.05) is 17.8 Å². The van der Waals surface area contributed by atoms with Gasteiger partial charge in [0.25, 0.3) is 5.91 Å². The highest BCUT2D eigenvalue weighted by Gasteiger charge is 2.17. The molecule has 7 heteroatoms. The molecule has 1 N–H and O–H groups in total. The predicted molar refractivity (Wildman–Crippen MR) is 119 cm³/mol. The predicted octanol–water partition coefficient (Wildman–Crippen LogP) is 4.29. The zero-order chi connectivity index (χ0) is 21.2. The molecule has 0 aliphatic rings. The van der Waals surface area contributed by atoms with Gasteiger partial charge >= 0.3 is 0 Å². The number of anilines is 1. The second kappa shape index (κ2) is 7.87. The van der Waals surface area contributed by atoms with E-state index < -0.39 is 0 Å². The van der Waals surface area contributed by atoms with Crippen LogP contribution in [0, 0.1) is 0 Å². The summed E-state index contributed by atoms with van der Waals surface area (Å²) in [7, 11) is 1.63. The third-order valence-electron chi connectivity index (χ3n) is 5.05. The average Bonchev–Trinajstić information content (AvgIpc) is 3.14. The van der Waals surface area contributed by atoms with Gasteiger partial charge in [-0.05, 0) is 42.0 Å². The molecule has 0 aliphatic carbocycles. The zero-order valence-electron chi connectivity index (χ0n) is 16.8. The first kappa shape index (κ1) is 18.7. The molecule has 5 rings (SSSR count). The number of hydrogen-bond donors (Lipinski definition) is 1. The first-order chi connectivity index (χ1) is 15.2. The van der Waals surface area contributed by atoms with Crippen LogP contribution in [0.1, 0.15) is 15.9 Å². The Hall–Kier alpha value is -4.26. The second-order valence-electron chi connectivity index (χ2n) is 7.11. The van der Waals surface area contributed by atoms with Crippen molar-refractivity contribution in [2.24, 2.45) is 0 Å². The molecule has 0 spiro atoms. The Kier molecular flexibility index (Phi) is 4.76. The van der Waals surface area contributed by atoms with Gasteiger partial charge in [0.05, 0.1) is 30.1 Å². The van der Waals surface area contributed by atoms with E-state index >= 15 is 0 Å². The molecule has 152 valence electrons. The molecule has 3 heterocycles. The fourth-order valence-corrected chi connectivity index (χ4v) is 3.50. The lowest BCUT2D eigenvalue weighted by Crippen LogP contribution is -2.13. The van der Waals surface area contributed by atoms with E-state index in [-0.39, 0.29) is 5.91 Å². The summed E-state index contributed by atoms with van der Waals surface area (Å²) in [6, 6.07) is 21.2. The van der Waals surface area contributed by atoms with Crippen LogP contribution in [0.5, 0.6) is 5.75 Å². The van der Waals surface area contributed by atoms with Crippen molar-refractivity contribution in [3.05, 3.63) is 90.3 Å². The van der Waals surface area contributed by atoms with Gasteiger partial charge in [0.15, 0.2) is 11.5 Å². The molecule has 0 unspecified atom stereocenters. The third kappa shape index (κ3) is 3.69. The molecule has 5 aromatic rings. The number of hydrogen-bond acceptors (Lipinski definition) is 5. The van der Waals surface area contributed by atoms with Crippen molar-refractivity contribution in [1.82, 2.24) is 19.7 Å². The summed E-state index contributed by atoms with van der Waals surface area (Å²) in [5.41, 5.74) is 3.08. The molecule has 0 fully saturated rings. The fourth-order valence-electron chi connectivity index (χ4n) is 3.50. The summed E-state index contributed by atoms with van der Waals surface area (Å²) in [5, 5.41) is 9.27. The molecular weight excluding hydrogens is 390 g/mol. The summed E-state index contributed by atoms with van der Waals surface area (Å²) in [5.74, 6) is 0.924. The first-order valence-corrected chi connectivity index (χ1v) is 9.82. The molecule has 1 amide bonds. The maximum absolute atomic E-state index is 12.7. The molecule has 0 radical (unpaired) electrons. The lowest BCUT2D eigenvalue weighted by molar-refractivity contribution is 0.102. The molecule has 0 saturated heterocycles. The molecule has 0 aliphatic heterocycles. The fraction of sp³-hybridized carbons (Fsp3) is 0.0833. The van der Waals surface area contributed by atoms with Crippen LogP contribution < -0.4 is 10.1 Å². The lowest BCUT2D eigenvalue weighted by Gasteiger charge is -2.05. The topological polar surface area (TPSA) is 81.9 Å². The van der Waals surface area contributed by atoms with Gasteiger partial charge in [-0.3, -0.25) is 9.78 Å². The Bertz CT molecular complexity index is 1380.